The second-order valence-electron chi connectivity index (χ2n) is 5.34. The highest BCUT2D eigenvalue weighted by Crippen LogP contribution is 2.36. The van der Waals surface area contributed by atoms with Gasteiger partial charge in [0.1, 0.15) is 6.54 Å². The van der Waals surface area contributed by atoms with Gasteiger partial charge in [-0.3, -0.25) is 9.59 Å². The van der Waals surface area contributed by atoms with Gasteiger partial charge in [0.05, 0.1) is 17.9 Å². The minimum Gasteiger partial charge on any atom is -0.468 e. The largest absolute Gasteiger partial charge is 0.468 e. The van der Waals surface area contributed by atoms with Crippen LogP contribution in [0.25, 0.3) is 10.8 Å². The van der Waals surface area contributed by atoms with Gasteiger partial charge in [0.25, 0.3) is 5.56 Å². The first-order valence-electron chi connectivity index (χ1n) is 7.07. The molecule has 8 heteroatoms. The summed E-state index contributed by atoms with van der Waals surface area (Å²) in [6, 6.07) is 4.90. The molecule has 0 spiro atoms. The highest BCUT2D eigenvalue weighted by molar-refractivity contribution is 9.10. The Bertz CT molecular complexity index is 819. The van der Waals surface area contributed by atoms with Crippen molar-refractivity contribution < 1.29 is 18.7 Å². The number of carbonyl (C=O) groups is 1. The van der Waals surface area contributed by atoms with Gasteiger partial charge in [0.2, 0.25) is 12.2 Å². The summed E-state index contributed by atoms with van der Waals surface area (Å²) < 4.78 is 25.5. The molecule has 1 atom stereocenters. The Morgan fingerprint density at radius 1 is 1.48 bits per heavy atom. The zero-order valence-electron chi connectivity index (χ0n) is 12.3. The summed E-state index contributed by atoms with van der Waals surface area (Å²) in [6.45, 7) is -0.363. The van der Waals surface area contributed by atoms with E-state index in [0.717, 1.165) is 17.5 Å². The molecule has 2 aromatic rings. The predicted molar refractivity (Wildman–Crippen MR) is 84.0 cm³/mol. The lowest BCUT2D eigenvalue weighted by atomic mass is 10.2. The molecule has 0 saturated heterocycles. The quantitative estimate of drug-likeness (QED) is 0.740. The van der Waals surface area contributed by atoms with Crippen molar-refractivity contribution in [2.75, 3.05) is 7.11 Å². The highest BCUT2D eigenvalue weighted by Gasteiger charge is 2.34. The van der Waals surface area contributed by atoms with Crippen molar-refractivity contribution in [3.63, 3.8) is 0 Å². The molecule has 1 saturated carbocycles. The maximum absolute atomic E-state index is 14.0. The Balaban J connectivity index is 2.10. The van der Waals surface area contributed by atoms with Crippen LogP contribution in [0.5, 0.6) is 5.88 Å². The SMILES string of the molecule is COC(=O)Cn1nc(OC(F)C2CC2)c2cc(Br)ccc2c1=O. The fourth-order valence-corrected chi connectivity index (χ4v) is 2.53. The third-order valence-electron chi connectivity index (χ3n) is 3.61. The van der Waals surface area contributed by atoms with Crippen molar-refractivity contribution in [3.8, 4) is 5.88 Å². The molecule has 1 unspecified atom stereocenters. The van der Waals surface area contributed by atoms with Gasteiger partial charge in [0, 0.05) is 10.4 Å². The van der Waals surface area contributed by atoms with Crippen molar-refractivity contribution in [3.05, 3.63) is 33.0 Å². The van der Waals surface area contributed by atoms with Crippen LogP contribution in [0.4, 0.5) is 4.39 Å². The van der Waals surface area contributed by atoms with E-state index in [1.165, 1.54) is 7.11 Å². The number of hydrogen-bond acceptors (Lipinski definition) is 5. The monoisotopic (exact) mass is 384 g/mol. The van der Waals surface area contributed by atoms with Crippen LogP contribution in [-0.4, -0.2) is 29.2 Å². The molecule has 0 radical (unpaired) electrons. The molecule has 6 nitrogen and oxygen atoms in total. The van der Waals surface area contributed by atoms with E-state index < -0.39 is 17.9 Å². The van der Waals surface area contributed by atoms with Gasteiger partial charge in [-0.05, 0) is 31.0 Å². The van der Waals surface area contributed by atoms with E-state index in [2.05, 4.69) is 25.8 Å². The lowest BCUT2D eigenvalue weighted by Gasteiger charge is -2.14. The Hall–Kier alpha value is -1.96. The van der Waals surface area contributed by atoms with Gasteiger partial charge in [-0.2, -0.15) is 0 Å². The van der Waals surface area contributed by atoms with Crippen LogP contribution < -0.4 is 10.3 Å². The molecule has 1 aromatic carbocycles. The number of hydrogen-bond donors (Lipinski definition) is 0. The zero-order chi connectivity index (χ0) is 16.6. The number of ether oxygens (including phenoxy) is 2. The first-order valence-corrected chi connectivity index (χ1v) is 7.87. The van der Waals surface area contributed by atoms with Gasteiger partial charge in [-0.25, -0.2) is 9.07 Å². The fraction of sp³-hybridized carbons (Fsp3) is 0.400. The van der Waals surface area contributed by atoms with Crippen molar-refractivity contribution in [2.45, 2.75) is 25.7 Å². The number of carbonyl (C=O) groups excluding carboxylic acids is 1. The number of methoxy groups -OCH3 is 1. The molecule has 1 aromatic heterocycles. The van der Waals surface area contributed by atoms with Gasteiger partial charge >= 0.3 is 5.97 Å². The summed E-state index contributed by atoms with van der Waals surface area (Å²) in [6.07, 6.45) is 0.0589. The smallest absolute Gasteiger partial charge is 0.327 e. The second-order valence-corrected chi connectivity index (χ2v) is 6.26. The van der Waals surface area contributed by atoms with Crippen molar-refractivity contribution >= 4 is 32.7 Å². The minimum absolute atomic E-state index is 0.01000. The topological polar surface area (TPSA) is 70.4 Å². The maximum atomic E-state index is 14.0. The van der Waals surface area contributed by atoms with Crippen molar-refractivity contribution in [1.82, 2.24) is 9.78 Å². The Kier molecular flexibility index (Phi) is 4.34. The minimum atomic E-state index is -1.48. The summed E-state index contributed by atoms with van der Waals surface area (Å²) >= 11 is 3.31. The molecule has 1 fully saturated rings. The van der Waals surface area contributed by atoms with Crippen LogP contribution in [0.15, 0.2) is 27.5 Å². The number of rotatable bonds is 5. The summed E-state index contributed by atoms with van der Waals surface area (Å²) in [5, 5.41) is 4.69. The van der Waals surface area contributed by atoms with Gasteiger partial charge < -0.3 is 9.47 Å². The third kappa shape index (κ3) is 3.36. The van der Waals surface area contributed by atoms with Crippen LogP contribution in [0.3, 0.4) is 0 Å². The number of nitrogens with zero attached hydrogens (tertiary/aromatic N) is 2. The second kappa shape index (κ2) is 6.27. The molecule has 1 heterocycles. The van der Waals surface area contributed by atoms with E-state index in [-0.39, 0.29) is 18.3 Å². The van der Waals surface area contributed by atoms with Gasteiger partial charge in [0.15, 0.2) is 0 Å². The molecule has 0 N–H and O–H groups in total. The standard InChI is InChI=1S/C15H14BrFN2O4/c1-22-12(20)7-19-15(21)10-5-4-9(16)6-11(10)14(18-19)23-13(17)8-2-3-8/h4-6,8,13H,2-3,7H2,1H3. The fourth-order valence-electron chi connectivity index (χ4n) is 2.17. The van der Waals surface area contributed by atoms with Crippen LogP contribution >= 0.6 is 15.9 Å². The summed E-state index contributed by atoms with van der Waals surface area (Å²) in [5.74, 6) is -0.773. The first kappa shape index (κ1) is 15.9. The maximum Gasteiger partial charge on any atom is 0.327 e. The Labute approximate surface area is 139 Å². The van der Waals surface area contributed by atoms with E-state index in [9.17, 15) is 14.0 Å². The average molecular weight is 385 g/mol. The lowest BCUT2D eigenvalue weighted by Crippen LogP contribution is -2.28. The zero-order valence-corrected chi connectivity index (χ0v) is 13.9. The number of esters is 1. The van der Waals surface area contributed by atoms with Crippen LogP contribution in [0, 0.1) is 5.92 Å². The molecule has 122 valence electrons. The molecular weight excluding hydrogens is 371 g/mol. The number of alkyl halides is 1. The Morgan fingerprint density at radius 2 is 2.22 bits per heavy atom. The average Bonchev–Trinajstić information content (AvgIpc) is 3.36. The number of halogens is 2. The normalized spacial score (nSPS) is 15.4. The number of fused-ring (bicyclic) bond motifs is 1. The van der Waals surface area contributed by atoms with E-state index in [0.29, 0.717) is 15.2 Å². The van der Waals surface area contributed by atoms with E-state index in [1.54, 1.807) is 18.2 Å². The molecular formula is C15H14BrFN2O4. The molecule has 0 amide bonds. The highest BCUT2D eigenvalue weighted by atomic mass is 79.9. The van der Waals surface area contributed by atoms with Gasteiger partial charge in [-0.15, -0.1) is 5.10 Å². The predicted octanol–water partition coefficient (Wildman–Crippen LogP) is 2.42. The molecule has 1 aliphatic carbocycles. The van der Waals surface area contributed by atoms with Crippen molar-refractivity contribution in [2.24, 2.45) is 5.92 Å². The molecule has 1 aliphatic rings. The summed E-state index contributed by atoms with van der Waals surface area (Å²) in [7, 11) is 1.22. The van der Waals surface area contributed by atoms with E-state index in [1.807, 2.05) is 0 Å². The number of benzene rings is 1. The Morgan fingerprint density at radius 3 is 2.87 bits per heavy atom. The molecule has 0 aliphatic heterocycles. The van der Waals surface area contributed by atoms with E-state index >= 15 is 0 Å². The van der Waals surface area contributed by atoms with Crippen LogP contribution in [-0.2, 0) is 16.1 Å². The van der Waals surface area contributed by atoms with Crippen LogP contribution in [0.1, 0.15) is 12.8 Å². The summed E-state index contributed by atoms with van der Waals surface area (Å²) in [5.41, 5.74) is -0.466. The third-order valence-corrected chi connectivity index (χ3v) is 4.11. The van der Waals surface area contributed by atoms with Crippen LogP contribution in [0.2, 0.25) is 0 Å². The lowest BCUT2D eigenvalue weighted by molar-refractivity contribution is -0.141. The molecule has 23 heavy (non-hydrogen) atoms. The van der Waals surface area contributed by atoms with E-state index in [4.69, 9.17) is 4.74 Å². The molecule has 3 rings (SSSR count). The van der Waals surface area contributed by atoms with Gasteiger partial charge in [-0.1, -0.05) is 15.9 Å². The first-order chi connectivity index (χ1) is 11.0. The molecule has 0 bridgehead atoms. The van der Waals surface area contributed by atoms with Crippen molar-refractivity contribution in [1.29, 1.82) is 0 Å². The number of aromatic nitrogens is 2. The summed E-state index contributed by atoms with van der Waals surface area (Å²) in [4.78, 5) is 23.8.